The average Bonchev–Trinajstić information content (AvgIpc) is 2.83. The van der Waals surface area contributed by atoms with E-state index in [1.54, 1.807) is 0 Å². The van der Waals surface area contributed by atoms with Crippen molar-refractivity contribution in [1.29, 1.82) is 0 Å². The number of aryl methyl sites for hydroxylation is 2. The number of hydrogen-bond donors (Lipinski definition) is 2. The van der Waals surface area contributed by atoms with Crippen molar-refractivity contribution in [2.24, 2.45) is 0 Å². The van der Waals surface area contributed by atoms with Gasteiger partial charge >= 0.3 is 6.03 Å². The smallest absolute Gasteiger partial charge is 0.319 e. The zero-order chi connectivity index (χ0) is 18.4. The summed E-state index contributed by atoms with van der Waals surface area (Å²) >= 11 is 0. The van der Waals surface area contributed by atoms with Crippen molar-refractivity contribution in [3.8, 4) is 0 Å². The van der Waals surface area contributed by atoms with Crippen molar-refractivity contribution in [3.05, 3.63) is 47.3 Å². The first kappa shape index (κ1) is 19.0. The van der Waals surface area contributed by atoms with Gasteiger partial charge in [0.05, 0.1) is 12.2 Å². The molecule has 0 unspecified atom stereocenters. The summed E-state index contributed by atoms with van der Waals surface area (Å²) in [6.07, 6.45) is 0.915. The van der Waals surface area contributed by atoms with Crippen LogP contribution >= 0.6 is 0 Å². The van der Waals surface area contributed by atoms with E-state index in [0.29, 0.717) is 6.54 Å². The Morgan fingerprint density at radius 3 is 2.68 bits per heavy atom. The number of nitrogens with zero attached hydrogens (tertiary/aromatic N) is 3. The van der Waals surface area contributed by atoms with Crippen molar-refractivity contribution < 1.29 is 4.79 Å². The van der Waals surface area contributed by atoms with Crippen LogP contribution < -0.4 is 10.6 Å². The van der Waals surface area contributed by atoms with Gasteiger partial charge in [0.15, 0.2) is 0 Å². The number of carbonyl (C=O) groups is 1. The SMILES string of the molecule is Cc1cc(C)n(Cc2cccc(NC(=O)N[C@@H](C)CCN(C)C)c2)n1. The van der Waals surface area contributed by atoms with Crippen LogP contribution in [0.4, 0.5) is 10.5 Å². The van der Waals surface area contributed by atoms with E-state index in [1.807, 2.05) is 63.8 Å². The Balaban J connectivity index is 1.92. The average molecular weight is 343 g/mol. The van der Waals surface area contributed by atoms with Gasteiger partial charge in [0.25, 0.3) is 0 Å². The molecule has 2 aromatic rings. The number of amides is 2. The van der Waals surface area contributed by atoms with Crippen molar-refractivity contribution in [3.63, 3.8) is 0 Å². The van der Waals surface area contributed by atoms with E-state index in [4.69, 9.17) is 0 Å². The molecule has 0 radical (unpaired) electrons. The molecule has 1 aromatic heterocycles. The van der Waals surface area contributed by atoms with Crippen LogP contribution in [-0.2, 0) is 6.54 Å². The number of urea groups is 1. The van der Waals surface area contributed by atoms with E-state index in [9.17, 15) is 4.79 Å². The molecule has 0 bridgehead atoms. The van der Waals surface area contributed by atoms with E-state index >= 15 is 0 Å². The second-order valence-corrected chi connectivity index (χ2v) is 6.88. The molecule has 2 rings (SSSR count). The van der Waals surface area contributed by atoms with Crippen LogP contribution in [0.1, 0.15) is 30.3 Å². The standard InChI is InChI=1S/C19H29N5O/c1-14(9-10-23(4)5)20-19(25)21-18-8-6-7-17(12-18)13-24-16(3)11-15(2)22-24/h6-8,11-12,14H,9-10,13H2,1-5H3,(H2,20,21,25)/t14-/m0/s1. The van der Waals surface area contributed by atoms with Gasteiger partial charge in [-0.3, -0.25) is 4.68 Å². The van der Waals surface area contributed by atoms with Crippen LogP contribution in [0.5, 0.6) is 0 Å². The molecular weight excluding hydrogens is 314 g/mol. The van der Waals surface area contributed by atoms with Gasteiger partial charge in [-0.05, 0) is 71.6 Å². The number of carbonyl (C=O) groups excluding carboxylic acids is 1. The molecule has 0 aliphatic rings. The summed E-state index contributed by atoms with van der Waals surface area (Å²) < 4.78 is 1.97. The number of benzene rings is 1. The van der Waals surface area contributed by atoms with E-state index < -0.39 is 0 Å². The monoisotopic (exact) mass is 343 g/mol. The minimum atomic E-state index is -0.172. The quantitative estimate of drug-likeness (QED) is 0.812. The Hall–Kier alpha value is -2.34. The topological polar surface area (TPSA) is 62.2 Å². The van der Waals surface area contributed by atoms with E-state index in [1.165, 1.54) is 0 Å². The first-order valence-corrected chi connectivity index (χ1v) is 8.65. The summed E-state index contributed by atoms with van der Waals surface area (Å²) in [5.74, 6) is 0. The first-order valence-electron chi connectivity index (χ1n) is 8.65. The second-order valence-electron chi connectivity index (χ2n) is 6.88. The second kappa shape index (κ2) is 8.67. The molecule has 0 aliphatic carbocycles. The highest BCUT2D eigenvalue weighted by Gasteiger charge is 2.08. The molecule has 1 atom stereocenters. The van der Waals surface area contributed by atoms with Gasteiger partial charge in [-0.1, -0.05) is 12.1 Å². The Bertz CT molecular complexity index is 708. The molecular formula is C19H29N5O. The first-order chi connectivity index (χ1) is 11.8. The molecule has 136 valence electrons. The van der Waals surface area contributed by atoms with Gasteiger partial charge in [-0.2, -0.15) is 5.10 Å². The predicted molar refractivity (Wildman–Crippen MR) is 102 cm³/mol. The Labute approximate surface area is 150 Å². The van der Waals surface area contributed by atoms with Crippen LogP contribution in [-0.4, -0.2) is 47.4 Å². The zero-order valence-electron chi connectivity index (χ0n) is 15.8. The molecule has 2 N–H and O–H groups in total. The maximum Gasteiger partial charge on any atom is 0.319 e. The summed E-state index contributed by atoms with van der Waals surface area (Å²) in [6.45, 7) is 7.69. The molecule has 1 heterocycles. The lowest BCUT2D eigenvalue weighted by molar-refractivity contribution is 0.247. The molecule has 6 heteroatoms. The van der Waals surface area contributed by atoms with Crippen LogP contribution in [0.15, 0.2) is 30.3 Å². The van der Waals surface area contributed by atoms with Crippen molar-refractivity contribution in [1.82, 2.24) is 20.0 Å². The van der Waals surface area contributed by atoms with Crippen molar-refractivity contribution in [2.45, 2.75) is 39.8 Å². The molecule has 1 aromatic carbocycles. The molecule has 0 spiro atoms. The van der Waals surface area contributed by atoms with Crippen LogP contribution in [0.25, 0.3) is 0 Å². The normalized spacial score (nSPS) is 12.2. The minimum absolute atomic E-state index is 0.125. The maximum absolute atomic E-state index is 12.1. The van der Waals surface area contributed by atoms with Gasteiger partial charge in [-0.25, -0.2) is 4.79 Å². The van der Waals surface area contributed by atoms with Gasteiger partial charge in [0, 0.05) is 17.4 Å². The van der Waals surface area contributed by atoms with E-state index in [0.717, 1.165) is 35.6 Å². The third kappa shape index (κ3) is 6.23. The lowest BCUT2D eigenvalue weighted by Gasteiger charge is -2.17. The fraction of sp³-hybridized carbons (Fsp3) is 0.474. The fourth-order valence-corrected chi connectivity index (χ4v) is 2.67. The number of hydrogen-bond acceptors (Lipinski definition) is 3. The lowest BCUT2D eigenvalue weighted by Crippen LogP contribution is -2.37. The number of anilines is 1. The molecule has 2 amide bonds. The lowest BCUT2D eigenvalue weighted by atomic mass is 10.2. The van der Waals surface area contributed by atoms with Gasteiger partial charge in [0.1, 0.15) is 0 Å². The molecule has 25 heavy (non-hydrogen) atoms. The molecule has 0 saturated heterocycles. The zero-order valence-corrected chi connectivity index (χ0v) is 15.8. The fourth-order valence-electron chi connectivity index (χ4n) is 2.67. The highest BCUT2D eigenvalue weighted by Crippen LogP contribution is 2.13. The molecule has 6 nitrogen and oxygen atoms in total. The van der Waals surface area contributed by atoms with Crippen LogP contribution in [0.3, 0.4) is 0 Å². The predicted octanol–water partition coefficient (Wildman–Crippen LogP) is 3.01. The van der Waals surface area contributed by atoms with Gasteiger partial charge in [0.2, 0.25) is 0 Å². The van der Waals surface area contributed by atoms with E-state index in [-0.39, 0.29) is 12.1 Å². The summed E-state index contributed by atoms with van der Waals surface area (Å²) in [4.78, 5) is 14.3. The number of aromatic nitrogens is 2. The Morgan fingerprint density at radius 2 is 2.04 bits per heavy atom. The van der Waals surface area contributed by atoms with Gasteiger partial charge < -0.3 is 15.5 Å². The summed E-state index contributed by atoms with van der Waals surface area (Å²) in [5, 5.41) is 10.4. The molecule has 0 fully saturated rings. The summed E-state index contributed by atoms with van der Waals surface area (Å²) in [6, 6.07) is 9.89. The highest BCUT2D eigenvalue weighted by atomic mass is 16.2. The highest BCUT2D eigenvalue weighted by molar-refractivity contribution is 5.89. The Kier molecular flexibility index (Phi) is 6.58. The van der Waals surface area contributed by atoms with Crippen LogP contribution in [0, 0.1) is 13.8 Å². The maximum atomic E-state index is 12.1. The Morgan fingerprint density at radius 1 is 1.28 bits per heavy atom. The number of nitrogens with one attached hydrogen (secondary N) is 2. The van der Waals surface area contributed by atoms with Crippen molar-refractivity contribution in [2.75, 3.05) is 26.0 Å². The van der Waals surface area contributed by atoms with Crippen molar-refractivity contribution >= 4 is 11.7 Å². The third-order valence-corrected chi connectivity index (χ3v) is 4.01. The number of rotatable bonds is 7. The third-order valence-electron chi connectivity index (χ3n) is 4.01. The minimum Gasteiger partial charge on any atom is -0.335 e. The summed E-state index contributed by atoms with van der Waals surface area (Å²) in [5.41, 5.74) is 4.03. The molecule has 0 saturated carbocycles. The van der Waals surface area contributed by atoms with Crippen LogP contribution in [0.2, 0.25) is 0 Å². The molecule has 0 aliphatic heterocycles. The van der Waals surface area contributed by atoms with E-state index in [2.05, 4.69) is 26.7 Å². The largest absolute Gasteiger partial charge is 0.335 e. The summed E-state index contributed by atoms with van der Waals surface area (Å²) in [7, 11) is 4.06. The van der Waals surface area contributed by atoms with Gasteiger partial charge in [-0.15, -0.1) is 0 Å².